The number of unbranched alkanes of at least 4 members (excludes halogenated alkanes) is 1. The third kappa shape index (κ3) is 3.65. The maximum Gasteiger partial charge on any atom is 0.303 e. The zero-order valence-corrected chi connectivity index (χ0v) is 9.69. The Balaban J connectivity index is 1.77. The molecule has 8 nitrogen and oxygen atoms in total. The van der Waals surface area contributed by atoms with E-state index in [1.165, 1.54) is 6.33 Å². The Morgan fingerprint density at radius 1 is 1.44 bits per heavy atom. The molecule has 2 aromatic heterocycles. The second-order valence-electron chi connectivity index (χ2n) is 3.84. The van der Waals surface area contributed by atoms with Gasteiger partial charge in [0.15, 0.2) is 6.33 Å². The molecule has 2 heterocycles. The van der Waals surface area contributed by atoms with Crippen LogP contribution in [0.25, 0.3) is 0 Å². The lowest BCUT2D eigenvalue weighted by Crippen LogP contribution is -2.00. The average molecular weight is 251 g/mol. The molecule has 1 N–H and O–H groups in total. The molecule has 0 aliphatic rings. The molecule has 0 unspecified atom stereocenters. The van der Waals surface area contributed by atoms with Crippen molar-refractivity contribution >= 4 is 5.97 Å². The molecule has 0 fully saturated rings. The van der Waals surface area contributed by atoms with Gasteiger partial charge in [0, 0.05) is 12.6 Å². The number of carboxylic acid groups (broad SMARTS) is 1. The van der Waals surface area contributed by atoms with E-state index in [1.807, 2.05) is 0 Å². The number of carboxylic acids is 1. The lowest BCUT2D eigenvalue weighted by atomic mass is 10.1. The predicted molar refractivity (Wildman–Crippen MR) is 58.6 cm³/mol. The van der Waals surface area contributed by atoms with Crippen LogP contribution in [0.5, 0.6) is 0 Å². The fraction of sp³-hybridized carbons (Fsp3) is 0.500. The molecule has 0 aliphatic heterocycles. The lowest BCUT2D eigenvalue weighted by molar-refractivity contribution is -0.137. The average Bonchev–Trinajstić information content (AvgIpc) is 2.97. The van der Waals surface area contributed by atoms with Gasteiger partial charge in [-0.1, -0.05) is 10.4 Å². The smallest absolute Gasteiger partial charge is 0.303 e. The summed E-state index contributed by atoms with van der Waals surface area (Å²) in [5.41, 5.74) is 0.833. The Kier molecular flexibility index (Phi) is 4.00. The number of carbonyl (C=O) groups is 1. The Labute approximate surface area is 103 Å². The molecule has 2 rings (SSSR count). The van der Waals surface area contributed by atoms with Crippen LogP contribution in [-0.4, -0.2) is 36.2 Å². The Bertz CT molecular complexity index is 493. The van der Waals surface area contributed by atoms with Crippen LogP contribution in [0.1, 0.15) is 30.8 Å². The highest BCUT2D eigenvalue weighted by Crippen LogP contribution is 2.04. The Hall–Kier alpha value is -2.25. The van der Waals surface area contributed by atoms with Crippen LogP contribution in [0.15, 0.2) is 17.0 Å². The summed E-state index contributed by atoms with van der Waals surface area (Å²) >= 11 is 0. The summed E-state index contributed by atoms with van der Waals surface area (Å²) in [5.74, 6) is -0.299. The highest BCUT2D eigenvalue weighted by Gasteiger charge is 2.05. The minimum absolute atomic E-state index is 0.191. The summed E-state index contributed by atoms with van der Waals surface area (Å²) in [6.07, 6.45) is 5.47. The standard InChI is InChI=1S/C10H13N5O3/c16-10(17)4-2-1-3-8-5-15(14-13-8)6-9-11-7-12-18-9/h5,7H,1-4,6H2,(H,16,17). The van der Waals surface area contributed by atoms with Crippen molar-refractivity contribution in [1.82, 2.24) is 25.1 Å². The number of hydrogen-bond donors (Lipinski definition) is 1. The third-order valence-corrected chi connectivity index (χ3v) is 2.36. The van der Waals surface area contributed by atoms with Gasteiger partial charge in [-0.25, -0.2) is 4.68 Å². The fourth-order valence-corrected chi connectivity index (χ4v) is 1.52. The first-order valence-corrected chi connectivity index (χ1v) is 5.60. The van der Waals surface area contributed by atoms with E-state index in [1.54, 1.807) is 10.9 Å². The second kappa shape index (κ2) is 5.89. The summed E-state index contributed by atoms with van der Waals surface area (Å²) in [6, 6.07) is 0. The van der Waals surface area contributed by atoms with Gasteiger partial charge in [-0.3, -0.25) is 4.79 Å². The quantitative estimate of drug-likeness (QED) is 0.714. The predicted octanol–water partition coefficient (Wildman–Crippen LogP) is 0.507. The molecule has 0 saturated carbocycles. The van der Waals surface area contributed by atoms with Gasteiger partial charge >= 0.3 is 5.97 Å². The van der Waals surface area contributed by atoms with E-state index in [0.29, 0.717) is 18.9 Å². The van der Waals surface area contributed by atoms with Crippen LogP contribution in [0, 0.1) is 0 Å². The van der Waals surface area contributed by atoms with E-state index in [4.69, 9.17) is 9.63 Å². The SMILES string of the molecule is O=C(O)CCCCc1cn(Cc2ncno2)nn1. The van der Waals surface area contributed by atoms with Gasteiger partial charge in [-0.15, -0.1) is 5.10 Å². The van der Waals surface area contributed by atoms with Crippen molar-refractivity contribution in [2.75, 3.05) is 0 Å². The maximum atomic E-state index is 10.3. The summed E-state index contributed by atoms with van der Waals surface area (Å²) in [4.78, 5) is 14.2. The first kappa shape index (κ1) is 12.2. The van der Waals surface area contributed by atoms with Gasteiger partial charge < -0.3 is 9.63 Å². The van der Waals surface area contributed by atoms with Crippen molar-refractivity contribution in [2.24, 2.45) is 0 Å². The van der Waals surface area contributed by atoms with E-state index in [-0.39, 0.29) is 6.42 Å². The van der Waals surface area contributed by atoms with E-state index < -0.39 is 5.97 Å². The van der Waals surface area contributed by atoms with Crippen molar-refractivity contribution in [3.63, 3.8) is 0 Å². The van der Waals surface area contributed by atoms with Crippen LogP contribution >= 0.6 is 0 Å². The van der Waals surface area contributed by atoms with E-state index in [0.717, 1.165) is 18.5 Å². The van der Waals surface area contributed by atoms with Crippen LogP contribution in [0.3, 0.4) is 0 Å². The number of aliphatic carboxylic acids is 1. The molecule has 0 radical (unpaired) electrons. The van der Waals surface area contributed by atoms with Crippen LogP contribution < -0.4 is 0 Å². The largest absolute Gasteiger partial charge is 0.481 e. The van der Waals surface area contributed by atoms with Gasteiger partial charge in [0.05, 0.1) is 5.69 Å². The molecule has 0 spiro atoms. The first-order valence-electron chi connectivity index (χ1n) is 5.60. The summed E-state index contributed by atoms with van der Waals surface area (Å²) in [5, 5.41) is 19.9. The zero-order chi connectivity index (χ0) is 12.8. The molecule has 0 amide bonds. The topological polar surface area (TPSA) is 107 Å². The number of aryl methyl sites for hydroxylation is 1. The maximum absolute atomic E-state index is 10.3. The molecular weight excluding hydrogens is 238 g/mol. The molecule has 0 aromatic carbocycles. The zero-order valence-electron chi connectivity index (χ0n) is 9.69. The van der Waals surface area contributed by atoms with Crippen LogP contribution in [0.2, 0.25) is 0 Å². The summed E-state index contributed by atoms with van der Waals surface area (Å²) in [6.45, 7) is 0.391. The van der Waals surface area contributed by atoms with Crippen molar-refractivity contribution in [3.8, 4) is 0 Å². The van der Waals surface area contributed by atoms with E-state index in [2.05, 4.69) is 20.5 Å². The van der Waals surface area contributed by atoms with Crippen molar-refractivity contribution in [3.05, 3.63) is 24.1 Å². The molecule has 8 heteroatoms. The van der Waals surface area contributed by atoms with E-state index >= 15 is 0 Å². The third-order valence-electron chi connectivity index (χ3n) is 2.36. The molecule has 0 bridgehead atoms. The van der Waals surface area contributed by atoms with Crippen molar-refractivity contribution in [1.29, 1.82) is 0 Å². The number of hydrogen-bond acceptors (Lipinski definition) is 6. The highest BCUT2D eigenvalue weighted by molar-refractivity contribution is 5.66. The molecule has 0 aliphatic carbocycles. The number of nitrogens with zero attached hydrogens (tertiary/aromatic N) is 5. The molecule has 96 valence electrons. The fourth-order valence-electron chi connectivity index (χ4n) is 1.52. The van der Waals surface area contributed by atoms with Crippen molar-refractivity contribution in [2.45, 2.75) is 32.2 Å². The van der Waals surface area contributed by atoms with Gasteiger partial charge in [0.1, 0.15) is 6.54 Å². The van der Waals surface area contributed by atoms with Crippen LogP contribution in [0.4, 0.5) is 0 Å². The monoisotopic (exact) mass is 251 g/mol. The van der Waals surface area contributed by atoms with Crippen molar-refractivity contribution < 1.29 is 14.4 Å². The molecule has 2 aromatic rings. The van der Waals surface area contributed by atoms with E-state index in [9.17, 15) is 4.79 Å². The molecule has 0 atom stereocenters. The Morgan fingerprint density at radius 3 is 3.06 bits per heavy atom. The van der Waals surface area contributed by atoms with Gasteiger partial charge in [-0.05, 0) is 19.3 Å². The summed E-state index contributed by atoms with van der Waals surface area (Å²) in [7, 11) is 0. The van der Waals surface area contributed by atoms with Gasteiger partial charge in [-0.2, -0.15) is 4.98 Å². The normalized spacial score (nSPS) is 10.7. The molecular formula is C10H13N5O3. The number of rotatable bonds is 7. The minimum atomic E-state index is -0.768. The second-order valence-corrected chi connectivity index (χ2v) is 3.84. The summed E-state index contributed by atoms with van der Waals surface area (Å²) < 4.78 is 6.47. The Morgan fingerprint density at radius 2 is 2.33 bits per heavy atom. The minimum Gasteiger partial charge on any atom is -0.481 e. The van der Waals surface area contributed by atoms with Gasteiger partial charge in [0.2, 0.25) is 5.89 Å². The lowest BCUT2D eigenvalue weighted by Gasteiger charge is -1.94. The van der Waals surface area contributed by atoms with Crippen LogP contribution in [-0.2, 0) is 17.8 Å². The molecule has 0 saturated heterocycles. The highest BCUT2D eigenvalue weighted by atomic mass is 16.5. The first-order chi connectivity index (χ1) is 8.74. The number of aromatic nitrogens is 5. The molecule has 18 heavy (non-hydrogen) atoms. The van der Waals surface area contributed by atoms with Gasteiger partial charge in [0.25, 0.3) is 0 Å².